The van der Waals surface area contributed by atoms with E-state index >= 15 is 0 Å². The number of nitrogens with two attached hydrogens (primary N) is 1. The molecule has 1 atom stereocenters. The van der Waals surface area contributed by atoms with Gasteiger partial charge in [-0.1, -0.05) is 6.07 Å². The molecule has 1 aromatic carbocycles. The summed E-state index contributed by atoms with van der Waals surface area (Å²) in [7, 11) is 1.72. The Bertz CT molecular complexity index is 344. The van der Waals surface area contributed by atoms with Crippen LogP contribution in [0.4, 0.5) is 5.69 Å². The molecular weight excluding hydrogens is 280 g/mol. The van der Waals surface area contributed by atoms with Crippen LogP contribution in [0, 0.1) is 6.92 Å². The summed E-state index contributed by atoms with van der Waals surface area (Å²) in [5, 5.41) is 3.50. The van der Waals surface area contributed by atoms with Gasteiger partial charge in [-0.15, -0.1) is 0 Å². The highest BCUT2D eigenvalue weighted by atomic mass is 79.9. The van der Waals surface area contributed by atoms with Crippen molar-refractivity contribution in [1.82, 2.24) is 0 Å². The summed E-state index contributed by atoms with van der Waals surface area (Å²) in [4.78, 5) is 0. The molecule has 1 aromatic rings. The normalized spacial score (nSPS) is 12.5. The number of anilines is 1. The fraction of sp³-hybridized carbons (Fsp3) is 0.538. The standard InChI is InChI=1S/C13H21BrN2O/c1-10-5-6-12(14)13(8-10)16-11(9-17-2)4-3-7-15/h5-6,8,11,16H,3-4,7,9,15H2,1-2H3. The fourth-order valence-corrected chi connectivity index (χ4v) is 2.09. The van der Waals surface area contributed by atoms with E-state index in [-0.39, 0.29) is 0 Å². The molecule has 0 radical (unpaired) electrons. The van der Waals surface area contributed by atoms with E-state index in [9.17, 15) is 0 Å². The number of halogens is 1. The smallest absolute Gasteiger partial charge is 0.0664 e. The lowest BCUT2D eigenvalue weighted by Gasteiger charge is -2.20. The third kappa shape index (κ3) is 5.06. The highest BCUT2D eigenvalue weighted by molar-refractivity contribution is 9.10. The predicted octanol–water partition coefficient (Wildman–Crippen LogP) is 2.92. The molecule has 96 valence electrons. The first-order chi connectivity index (χ1) is 8.17. The maximum Gasteiger partial charge on any atom is 0.0664 e. The van der Waals surface area contributed by atoms with Gasteiger partial charge in [0.25, 0.3) is 0 Å². The van der Waals surface area contributed by atoms with E-state index in [0.717, 1.165) is 29.5 Å². The van der Waals surface area contributed by atoms with E-state index in [0.29, 0.717) is 12.6 Å². The average Bonchev–Trinajstić information content (AvgIpc) is 2.31. The molecule has 3 nitrogen and oxygen atoms in total. The molecule has 0 saturated carbocycles. The van der Waals surface area contributed by atoms with Crippen molar-refractivity contribution >= 4 is 21.6 Å². The molecule has 3 N–H and O–H groups in total. The molecule has 0 aliphatic carbocycles. The van der Waals surface area contributed by atoms with Gasteiger partial charge in [-0.2, -0.15) is 0 Å². The minimum absolute atomic E-state index is 0.307. The van der Waals surface area contributed by atoms with Gasteiger partial charge in [-0.25, -0.2) is 0 Å². The average molecular weight is 301 g/mol. The molecule has 0 heterocycles. The second kappa shape index (κ2) is 7.69. The molecule has 0 amide bonds. The minimum atomic E-state index is 0.307. The molecule has 1 rings (SSSR count). The topological polar surface area (TPSA) is 47.3 Å². The monoisotopic (exact) mass is 300 g/mol. The second-order valence-electron chi connectivity index (χ2n) is 4.21. The highest BCUT2D eigenvalue weighted by Crippen LogP contribution is 2.24. The molecule has 17 heavy (non-hydrogen) atoms. The molecule has 0 aliphatic heterocycles. The van der Waals surface area contributed by atoms with Crippen LogP contribution < -0.4 is 11.1 Å². The first-order valence-corrected chi connectivity index (χ1v) is 6.68. The Labute approximate surface area is 112 Å². The van der Waals surface area contributed by atoms with Crippen LogP contribution in [0.1, 0.15) is 18.4 Å². The second-order valence-corrected chi connectivity index (χ2v) is 5.07. The van der Waals surface area contributed by atoms with Crippen molar-refractivity contribution in [2.24, 2.45) is 5.73 Å². The van der Waals surface area contributed by atoms with Crippen LogP contribution in [0.25, 0.3) is 0 Å². The van der Waals surface area contributed by atoms with E-state index < -0.39 is 0 Å². The summed E-state index contributed by atoms with van der Waals surface area (Å²) in [5.41, 5.74) is 7.90. The Balaban J connectivity index is 2.67. The molecule has 0 bridgehead atoms. The molecule has 0 aromatic heterocycles. The summed E-state index contributed by atoms with van der Waals surface area (Å²) in [6.45, 7) is 3.50. The first kappa shape index (κ1) is 14.5. The Morgan fingerprint density at radius 1 is 1.47 bits per heavy atom. The number of hydrogen-bond acceptors (Lipinski definition) is 3. The lowest BCUT2D eigenvalue weighted by Crippen LogP contribution is -2.26. The molecular formula is C13H21BrN2O. The van der Waals surface area contributed by atoms with E-state index in [1.165, 1.54) is 5.56 Å². The Kier molecular flexibility index (Phi) is 6.55. The largest absolute Gasteiger partial charge is 0.383 e. The molecule has 0 spiro atoms. The van der Waals surface area contributed by atoms with Crippen LogP contribution in [0.2, 0.25) is 0 Å². The minimum Gasteiger partial charge on any atom is -0.383 e. The van der Waals surface area contributed by atoms with Crippen molar-refractivity contribution in [1.29, 1.82) is 0 Å². The number of aryl methyl sites for hydroxylation is 1. The zero-order valence-electron chi connectivity index (χ0n) is 10.5. The Morgan fingerprint density at radius 2 is 2.24 bits per heavy atom. The van der Waals surface area contributed by atoms with Gasteiger partial charge >= 0.3 is 0 Å². The highest BCUT2D eigenvalue weighted by Gasteiger charge is 2.09. The van der Waals surface area contributed by atoms with Gasteiger partial charge in [0.1, 0.15) is 0 Å². The van der Waals surface area contributed by atoms with Crippen molar-refractivity contribution in [3.05, 3.63) is 28.2 Å². The van der Waals surface area contributed by atoms with Crippen LogP contribution in [0.15, 0.2) is 22.7 Å². The van der Waals surface area contributed by atoms with Gasteiger partial charge in [-0.05, 0) is 59.9 Å². The van der Waals surface area contributed by atoms with E-state index in [2.05, 4.69) is 46.4 Å². The van der Waals surface area contributed by atoms with Gasteiger partial charge < -0.3 is 15.8 Å². The lowest BCUT2D eigenvalue weighted by atomic mass is 10.1. The van der Waals surface area contributed by atoms with Crippen molar-refractivity contribution in [3.8, 4) is 0 Å². The van der Waals surface area contributed by atoms with Crippen molar-refractivity contribution < 1.29 is 4.74 Å². The van der Waals surface area contributed by atoms with Crippen LogP contribution in [-0.2, 0) is 4.74 Å². The summed E-state index contributed by atoms with van der Waals surface area (Å²) in [6.07, 6.45) is 2.02. The summed E-state index contributed by atoms with van der Waals surface area (Å²) >= 11 is 3.55. The fourth-order valence-electron chi connectivity index (χ4n) is 1.73. The summed E-state index contributed by atoms with van der Waals surface area (Å²) < 4.78 is 6.31. The number of hydrogen-bond donors (Lipinski definition) is 2. The van der Waals surface area contributed by atoms with Crippen LogP contribution >= 0.6 is 15.9 Å². The van der Waals surface area contributed by atoms with Gasteiger partial charge in [-0.3, -0.25) is 0 Å². The number of rotatable bonds is 7. The van der Waals surface area contributed by atoms with Crippen LogP contribution in [-0.4, -0.2) is 26.3 Å². The number of ether oxygens (including phenoxy) is 1. The number of methoxy groups -OCH3 is 1. The van der Waals surface area contributed by atoms with E-state index in [4.69, 9.17) is 10.5 Å². The zero-order chi connectivity index (χ0) is 12.7. The van der Waals surface area contributed by atoms with Crippen molar-refractivity contribution in [2.75, 3.05) is 25.6 Å². The maximum atomic E-state index is 5.54. The summed E-state index contributed by atoms with van der Waals surface area (Å²) in [6, 6.07) is 6.58. The Hall–Kier alpha value is -0.580. The molecule has 0 fully saturated rings. The van der Waals surface area contributed by atoms with Gasteiger partial charge in [0.05, 0.1) is 6.61 Å². The number of nitrogens with one attached hydrogen (secondary N) is 1. The van der Waals surface area contributed by atoms with E-state index in [1.807, 2.05) is 0 Å². The first-order valence-electron chi connectivity index (χ1n) is 5.89. The van der Waals surface area contributed by atoms with Gasteiger partial charge in [0.15, 0.2) is 0 Å². The van der Waals surface area contributed by atoms with Crippen molar-refractivity contribution in [3.63, 3.8) is 0 Å². The van der Waals surface area contributed by atoms with Crippen LogP contribution in [0.5, 0.6) is 0 Å². The van der Waals surface area contributed by atoms with Crippen molar-refractivity contribution in [2.45, 2.75) is 25.8 Å². The molecule has 0 saturated heterocycles. The molecule has 0 aliphatic rings. The maximum absolute atomic E-state index is 5.54. The van der Waals surface area contributed by atoms with Crippen LogP contribution in [0.3, 0.4) is 0 Å². The zero-order valence-corrected chi connectivity index (χ0v) is 12.1. The molecule has 4 heteroatoms. The summed E-state index contributed by atoms with van der Waals surface area (Å²) in [5.74, 6) is 0. The van der Waals surface area contributed by atoms with Gasteiger partial charge in [0.2, 0.25) is 0 Å². The third-order valence-corrected chi connectivity index (χ3v) is 3.30. The van der Waals surface area contributed by atoms with E-state index in [1.54, 1.807) is 7.11 Å². The van der Waals surface area contributed by atoms with Gasteiger partial charge in [0, 0.05) is 23.3 Å². The predicted molar refractivity (Wildman–Crippen MR) is 76.5 cm³/mol. The molecule has 1 unspecified atom stereocenters. The Morgan fingerprint density at radius 3 is 2.88 bits per heavy atom. The third-order valence-electron chi connectivity index (χ3n) is 2.61. The SMILES string of the molecule is COCC(CCCN)Nc1cc(C)ccc1Br. The lowest BCUT2D eigenvalue weighted by molar-refractivity contribution is 0.182. The number of benzene rings is 1. The quantitative estimate of drug-likeness (QED) is 0.814.